The number of carbonyl (C=O) groups excluding carboxylic acids is 2. The molecular weight excluding hydrogens is 501 g/mol. The van der Waals surface area contributed by atoms with Crippen LogP contribution in [0.25, 0.3) is 0 Å². The molecule has 1 aromatic carbocycles. The van der Waals surface area contributed by atoms with Crippen LogP contribution >= 0.6 is 0 Å². The molecule has 1 unspecified atom stereocenters. The summed E-state index contributed by atoms with van der Waals surface area (Å²) in [6.07, 6.45) is -0.895. The lowest BCUT2D eigenvalue weighted by molar-refractivity contribution is -0.137. The Labute approximate surface area is 219 Å². The molecule has 3 aliphatic rings. The van der Waals surface area contributed by atoms with Crippen LogP contribution in [-0.2, 0) is 33.5 Å². The number of nitrogens with zero attached hydrogens (tertiary/aromatic N) is 3. The second-order valence-electron chi connectivity index (χ2n) is 9.99. The summed E-state index contributed by atoms with van der Waals surface area (Å²) in [5.41, 5.74) is 0.480. The third kappa shape index (κ3) is 6.16. The number of hydrogen-bond donors (Lipinski definition) is 1. The van der Waals surface area contributed by atoms with Crippen LogP contribution in [0.2, 0.25) is 0 Å². The predicted molar refractivity (Wildman–Crippen MR) is 131 cm³/mol. The van der Waals surface area contributed by atoms with Gasteiger partial charge in [0, 0.05) is 50.7 Å². The van der Waals surface area contributed by atoms with E-state index in [0.29, 0.717) is 50.9 Å². The molecule has 2 atom stereocenters. The summed E-state index contributed by atoms with van der Waals surface area (Å²) >= 11 is 0. The van der Waals surface area contributed by atoms with Gasteiger partial charge in [-0.2, -0.15) is 13.2 Å². The Kier molecular flexibility index (Phi) is 7.96. The lowest BCUT2D eigenvalue weighted by Gasteiger charge is -2.31. The largest absolute Gasteiger partial charge is 0.416 e. The van der Waals surface area contributed by atoms with E-state index in [1.165, 1.54) is 11.0 Å². The van der Waals surface area contributed by atoms with Crippen LogP contribution in [0.4, 0.5) is 13.2 Å². The fraction of sp³-hybridized carbons (Fsp3) is 0.519. The van der Waals surface area contributed by atoms with Gasteiger partial charge >= 0.3 is 6.18 Å². The number of pyridine rings is 1. The monoisotopic (exact) mass is 532 g/mol. The van der Waals surface area contributed by atoms with Gasteiger partial charge < -0.3 is 19.7 Å². The lowest BCUT2D eigenvalue weighted by Crippen LogP contribution is -2.50. The number of benzene rings is 1. The zero-order valence-corrected chi connectivity index (χ0v) is 21.0. The zero-order chi connectivity index (χ0) is 26.7. The summed E-state index contributed by atoms with van der Waals surface area (Å²) in [4.78, 5) is 34.0. The van der Waals surface area contributed by atoms with E-state index in [9.17, 15) is 22.8 Å². The smallest absolute Gasteiger partial charge is 0.381 e. The number of nitrogens with one attached hydrogen (secondary N) is 1. The molecule has 204 valence electrons. The molecule has 5 rings (SSSR count). The van der Waals surface area contributed by atoms with Gasteiger partial charge in [0.05, 0.1) is 36.6 Å². The molecule has 8 nitrogen and oxygen atoms in total. The molecule has 3 aliphatic heterocycles. The highest BCUT2D eigenvalue weighted by Gasteiger charge is 2.39. The van der Waals surface area contributed by atoms with Gasteiger partial charge in [-0.1, -0.05) is 12.1 Å². The second-order valence-corrected chi connectivity index (χ2v) is 9.99. The Morgan fingerprint density at radius 1 is 1.16 bits per heavy atom. The van der Waals surface area contributed by atoms with E-state index in [-0.39, 0.29) is 36.7 Å². The van der Waals surface area contributed by atoms with Crippen LogP contribution in [0.1, 0.15) is 40.0 Å². The van der Waals surface area contributed by atoms with Crippen molar-refractivity contribution in [2.75, 3.05) is 39.4 Å². The van der Waals surface area contributed by atoms with Crippen molar-refractivity contribution in [3.8, 4) is 0 Å². The van der Waals surface area contributed by atoms with Gasteiger partial charge in [-0.05, 0) is 49.1 Å². The predicted octanol–water partition coefficient (Wildman–Crippen LogP) is 2.66. The van der Waals surface area contributed by atoms with Crippen LogP contribution in [0.5, 0.6) is 0 Å². The maximum Gasteiger partial charge on any atom is 0.416 e. The number of likely N-dealkylation sites (tertiary alicyclic amines) is 1. The first kappa shape index (κ1) is 26.6. The van der Waals surface area contributed by atoms with Crippen molar-refractivity contribution >= 4 is 11.8 Å². The van der Waals surface area contributed by atoms with Crippen LogP contribution < -0.4 is 5.32 Å². The molecule has 0 bridgehead atoms. The quantitative estimate of drug-likeness (QED) is 0.591. The maximum atomic E-state index is 13.2. The van der Waals surface area contributed by atoms with Crippen molar-refractivity contribution < 1.29 is 32.2 Å². The molecule has 0 spiro atoms. The van der Waals surface area contributed by atoms with Gasteiger partial charge in [-0.3, -0.25) is 19.5 Å². The molecule has 1 aromatic heterocycles. The molecule has 2 amide bonds. The number of aromatic nitrogens is 1. The average Bonchev–Trinajstić information content (AvgIpc) is 3.32. The molecule has 2 fully saturated rings. The molecule has 2 aromatic rings. The number of rotatable bonds is 7. The van der Waals surface area contributed by atoms with Crippen molar-refractivity contribution in [3.05, 3.63) is 65.0 Å². The summed E-state index contributed by atoms with van der Waals surface area (Å²) in [6, 6.07) is 8.87. The fourth-order valence-electron chi connectivity index (χ4n) is 5.41. The van der Waals surface area contributed by atoms with Crippen LogP contribution in [0.3, 0.4) is 0 Å². The number of alkyl halides is 3. The molecule has 0 aliphatic carbocycles. The summed E-state index contributed by atoms with van der Waals surface area (Å²) in [6.45, 7) is 3.01. The van der Waals surface area contributed by atoms with E-state index in [1.54, 1.807) is 6.20 Å². The van der Waals surface area contributed by atoms with Gasteiger partial charge in [0.25, 0.3) is 5.91 Å². The molecule has 1 N–H and O–H groups in total. The molecule has 38 heavy (non-hydrogen) atoms. The van der Waals surface area contributed by atoms with Crippen molar-refractivity contribution in [1.29, 1.82) is 0 Å². The minimum absolute atomic E-state index is 0.00186. The molecule has 4 heterocycles. The Balaban J connectivity index is 1.23. The molecular formula is C27H31F3N4O4. The number of amides is 2. The van der Waals surface area contributed by atoms with Gasteiger partial charge in [0.1, 0.15) is 0 Å². The van der Waals surface area contributed by atoms with Crippen LogP contribution in [0, 0.1) is 0 Å². The third-order valence-electron chi connectivity index (χ3n) is 7.46. The highest BCUT2D eigenvalue weighted by molar-refractivity contribution is 5.99. The highest BCUT2D eigenvalue weighted by atomic mass is 19.4. The van der Waals surface area contributed by atoms with Gasteiger partial charge in [0.15, 0.2) is 0 Å². The normalized spacial score (nSPS) is 22.9. The number of hydrogen-bond acceptors (Lipinski definition) is 6. The number of ether oxygens (including phenoxy) is 2. The van der Waals surface area contributed by atoms with E-state index >= 15 is 0 Å². The first-order valence-electron chi connectivity index (χ1n) is 12.9. The number of carbonyl (C=O) groups is 2. The minimum Gasteiger partial charge on any atom is -0.381 e. The fourth-order valence-corrected chi connectivity index (χ4v) is 5.41. The van der Waals surface area contributed by atoms with E-state index in [0.717, 1.165) is 30.7 Å². The molecule has 0 radical (unpaired) electrons. The minimum atomic E-state index is -4.54. The first-order valence-corrected chi connectivity index (χ1v) is 12.9. The Morgan fingerprint density at radius 2 is 1.97 bits per heavy atom. The van der Waals surface area contributed by atoms with Gasteiger partial charge in [0.2, 0.25) is 5.91 Å². The summed E-state index contributed by atoms with van der Waals surface area (Å²) in [7, 11) is 0. The number of halogens is 3. The van der Waals surface area contributed by atoms with E-state index < -0.39 is 17.6 Å². The second kappa shape index (κ2) is 11.4. The standard InChI is InChI=1S/C27H31F3N4O4/c28-27(29,30)19-5-4-18-6-10-33(26(36)22(18)13-19)16-25(35)32-23-14-34(21-7-11-37-12-8-21)15-24(23)38-17-20-3-1-2-9-31-20/h1-5,9,13,21,23-24H,6-8,10-12,14-17H2,(H,32,35)/t23?,24-/m0/s1. The van der Waals surface area contributed by atoms with E-state index in [4.69, 9.17) is 9.47 Å². The van der Waals surface area contributed by atoms with Crippen LogP contribution in [-0.4, -0.2) is 84.2 Å². The first-order chi connectivity index (χ1) is 18.3. The number of fused-ring (bicyclic) bond motifs is 1. The molecule has 2 saturated heterocycles. The maximum absolute atomic E-state index is 13.2. The topological polar surface area (TPSA) is 84.0 Å². The summed E-state index contributed by atoms with van der Waals surface area (Å²) in [5.74, 6) is -0.926. The van der Waals surface area contributed by atoms with Crippen molar-refractivity contribution in [3.63, 3.8) is 0 Å². The zero-order valence-electron chi connectivity index (χ0n) is 21.0. The molecule has 11 heteroatoms. The lowest BCUT2D eigenvalue weighted by atomic mass is 9.96. The average molecular weight is 533 g/mol. The van der Waals surface area contributed by atoms with Crippen LogP contribution in [0.15, 0.2) is 42.6 Å². The van der Waals surface area contributed by atoms with Crippen molar-refractivity contribution in [2.24, 2.45) is 0 Å². The third-order valence-corrected chi connectivity index (χ3v) is 7.46. The Hall–Kier alpha value is -3.02. The SMILES string of the molecule is O=C(CN1CCc2ccc(C(F)(F)F)cc2C1=O)NC1CN(C2CCOCC2)C[C@@H]1OCc1ccccn1. The Bertz CT molecular complexity index is 1140. The summed E-state index contributed by atoms with van der Waals surface area (Å²) in [5, 5.41) is 3.03. The van der Waals surface area contributed by atoms with Crippen molar-refractivity contribution in [2.45, 2.75) is 50.2 Å². The summed E-state index contributed by atoms with van der Waals surface area (Å²) < 4.78 is 51.2. The Morgan fingerprint density at radius 3 is 2.71 bits per heavy atom. The van der Waals surface area contributed by atoms with E-state index in [1.807, 2.05) is 18.2 Å². The van der Waals surface area contributed by atoms with E-state index in [2.05, 4.69) is 15.2 Å². The molecule has 0 saturated carbocycles. The van der Waals surface area contributed by atoms with Crippen molar-refractivity contribution in [1.82, 2.24) is 20.1 Å². The van der Waals surface area contributed by atoms with Gasteiger partial charge in [-0.15, -0.1) is 0 Å². The van der Waals surface area contributed by atoms with Gasteiger partial charge in [-0.25, -0.2) is 0 Å². The highest BCUT2D eigenvalue weighted by Crippen LogP contribution is 2.32.